The van der Waals surface area contributed by atoms with Gasteiger partial charge in [0, 0.05) is 31.4 Å². The van der Waals surface area contributed by atoms with Gasteiger partial charge in [0.1, 0.15) is 23.9 Å². The first-order chi connectivity index (χ1) is 30.2. The third-order valence-electron chi connectivity index (χ3n) is 13.8. The van der Waals surface area contributed by atoms with Crippen LogP contribution in [0.25, 0.3) is 28.0 Å². The fourth-order valence-electron chi connectivity index (χ4n) is 10.5. The van der Waals surface area contributed by atoms with E-state index in [1.165, 1.54) is 73.3 Å². The molecule has 0 saturated heterocycles. The van der Waals surface area contributed by atoms with Gasteiger partial charge in [-0.3, -0.25) is 14.6 Å². The Hall–Kier alpha value is -5.98. The van der Waals surface area contributed by atoms with Gasteiger partial charge < -0.3 is 34.9 Å². The number of rotatable bonds is 11. The summed E-state index contributed by atoms with van der Waals surface area (Å²) in [4.78, 5) is 68.9. The topological polar surface area (TPSA) is 158 Å². The molecule has 5 aliphatic rings. The van der Waals surface area contributed by atoms with Crippen LogP contribution in [-0.2, 0) is 31.9 Å². The van der Waals surface area contributed by atoms with Crippen LogP contribution in [0.3, 0.4) is 0 Å². The molecule has 3 N–H and O–H groups in total. The molecule has 1 fully saturated rings. The molecule has 8 rings (SSSR count). The van der Waals surface area contributed by atoms with Crippen molar-refractivity contribution in [3.05, 3.63) is 94.6 Å². The van der Waals surface area contributed by atoms with Crippen LogP contribution in [0.4, 0.5) is 9.59 Å². The minimum atomic E-state index is -0.732. The summed E-state index contributed by atoms with van der Waals surface area (Å²) in [6.07, 6.45) is 14.5. The summed E-state index contributed by atoms with van der Waals surface area (Å²) in [6, 6.07) is 11.1. The van der Waals surface area contributed by atoms with Crippen LogP contribution in [0.15, 0.2) is 77.1 Å². The highest BCUT2D eigenvalue weighted by atomic mass is 16.5. The molecule has 13 heteroatoms. The van der Waals surface area contributed by atoms with Crippen molar-refractivity contribution in [2.45, 2.75) is 111 Å². The van der Waals surface area contributed by atoms with Crippen LogP contribution in [0.5, 0.6) is 0 Å². The average molecular weight is 856 g/mol. The van der Waals surface area contributed by atoms with E-state index < -0.39 is 24.3 Å². The molecule has 0 unspecified atom stereocenters. The van der Waals surface area contributed by atoms with E-state index in [2.05, 4.69) is 58.1 Å². The van der Waals surface area contributed by atoms with Crippen LogP contribution in [0.1, 0.15) is 102 Å². The summed E-state index contributed by atoms with van der Waals surface area (Å²) in [5, 5.41) is 5.47. The number of hydrogen-bond acceptors (Lipinski definition) is 8. The number of ether oxygens (including phenoxy) is 2. The van der Waals surface area contributed by atoms with E-state index in [0.717, 1.165) is 41.0 Å². The lowest BCUT2D eigenvalue weighted by atomic mass is 9.82. The minimum absolute atomic E-state index is 0.118. The van der Waals surface area contributed by atoms with Crippen molar-refractivity contribution >= 4 is 35.3 Å². The van der Waals surface area contributed by atoms with Gasteiger partial charge in [0.15, 0.2) is 0 Å². The van der Waals surface area contributed by atoms with Crippen LogP contribution in [-0.4, -0.2) is 94.9 Å². The van der Waals surface area contributed by atoms with Gasteiger partial charge >= 0.3 is 12.2 Å². The van der Waals surface area contributed by atoms with E-state index in [1.807, 2.05) is 64.9 Å². The van der Waals surface area contributed by atoms with E-state index >= 15 is 0 Å². The van der Waals surface area contributed by atoms with Crippen molar-refractivity contribution in [3.8, 4) is 22.4 Å². The summed E-state index contributed by atoms with van der Waals surface area (Å²) in [7, 11) is 2.60. The number of carbonyl (C=O) groups is 4. The Balaban J connectivity index is 1.02. The second-order valence-electron chi connectivity index (χ2n) is 19.0. The van der Waals surface area contributed by atoms with Gasteiger partial charge in [-0.2, -0.15) is 0 Å². The van der Waals surface area contributed by atoms with Crippen molar-refractivity contribution in [3.63, 3.8) is 0 Å². The first-order valence-corrected chi connectivity index (χ1v) is 22.4. The Morgan fingerprint density at radius 2 is 1.27 bits per heavy atom. The number of nitrogens with one attached hydrogen (secondary N) is 3. The zero-order valence-electron chi connectivity index (χ0n) is 37.8. The van der Waals surface area contributed by atoms with E-state index in [9.17, 15) is 19.2 Å². The molecule has 4 atom stereocenters. The number of fused-ring (bicyclic) bond motifs is 1. The summed E-state index contributed by atoms with van der Waals surface area (Å²) in [5.74, 6) is 0.0902. The number of carbonyl (C=O) groups excluding carboxylic acids is 4. The fraction of sp³-hybridized carbons (Fsp3) is 0.480. The molecule has 1 spiro atoms. The number of allylic oxidation sites excluding steroid dienone is 1. The highest BCUT2D eigenvalue weighted by molar-refractivity contribution is 6.05. The molecule has 4 heterocycles. The molecule has 1 aromatic heterocycles. The predicted octanol–water partition coefficient (Wildman–Crippen LogP) is 8.34. The largest absolute Gasteiger partial charge is 0.453 e. The van der Waals surface area contributed by atoms with Crippen LogP contribution < -0.4 is 10.6 Å². The average Bonchev–Trinajstić information content (AvgIpc) is 4.14. The lowest BCUT2D eigenvalue weighted by Gasteiger charge is -2.31. The number of hydrogen-bond donors (Lipinski definition) is 3. The van der Waals surface area contributed by atoms with E-state index in [1.54, 1.807) is 4.90 Å². The van der Waals surface area contributed by atoms with Crippen molar-refractivity contribution in [1.82, 2.24) is 30.4 Å². The predicted molar refractivity (Wildman–Crippen MR) is 244 cm³/mol. The van der Waals surface area contributed by atoms with Crippen molar-refractivity contribution in [1.29, 1.82) is 0 Å². The lowest BCUT2D eigenvalue weighted by Crippen LogP contribution is -2.54. The Kier molecular flexibility index (Phi) is 12.2. The number of aliphatic imine (C=N–C) groups is 1. The third kappa shape index (κ3) is 8.58. The molecular weight excluding hydrogens is 795 g/mol. The molecule has 0 radical (unpaired) electrons. The minimum Gasteiger partial charge on any atom is -0.453 e. The smallest absolute Gasteiger partial charge is 0.407 e. The number of aromatic nitrogens is 2. The number of nitrogens with zero attached hydrogens (tertiary/aromatic N) is 4. The van der Waals surface area contributed by atoms with Gasteiger partial charge in [-0.1, -0.05) is 100 Å². The first kappa shape index (κ1) is 43.7. The quantitative estimate of drug-likeness (QED) is 0.164. The van der Waals surface area contributed by atoms with Gasteiger partial charge in [-0.25, -0.2) is 14.6 Å². The summed E-state index contributed by atoms with van der Waals surface area (Å²) in [5.41, 5.74) is 12.9. The molecule has 332 valence electrons. The fourth-order valence-corrected chi connectivity index (χ4v) is 10.5. The van der Waals surface area contributed by atoms with Crippen molar-refractivity contribution in [2.75, 3.05) is 27.3 Å². The number of imidazole rings is 1. The molecule has 2 aliphatic carbocycles. The maximum absolute atomic E-state index is 14.0. The van der Waals surface area contributed by atoms with Crippen LogP contribution in [0, 0.1) is 17.3 Å². The Bertz CT molecular complexity index is 2420. The zero-order chi connectivity index (χ0) is 44.7. The number of benzene rings is 2. The molecule has 3 aromatic rings. The third-order valence-corrected chi connectivity index (χ3v) is 13.8. The molecule has 63 heavy (non-hydrogen) atoms. The molecular formula is C50H61N7O6. The number of alkyl carbamates (subject to hydrolysis) is 2. The Morgan fingerprint density at radius 3 is 1.84 bits per heavy atom. The van der Waals surface area contributed by atoms with E-state index in [4.69, 9.17) is 19.5 Å². The lowest BCUT2D eigenvalue weighted by molar-refractivity contribution is -0.135. The number of methoxy groups -OCH3 is 2. The maximum atomic E-state index is 14.0. The molecule has 2 aromatic carbocycles. The van der Waals surface area contributed by atoms with E-state index in [-0.39, 0.29) is 41.1 Å². The van der Waals surface area contributed by atoms with Gasteiger partial charge in [0.2, 0.25) is 11.8 Å². The van der Waals surface area contributed by atoms with Crippen molar-refractivity contribution < 1.29 is 28.7 Å². The number of aromatic amines is 1. The monoisotopic (exact) mass is 855 g/mol. The molecule has 13 nitrogen and oxygen atoms in total. The van der Waals surface area contributed by atoms with Gasteiger partial charge in [0.25, 0.3) is 0 Å². The Labute approximate surface area is 370 Å². The zero-order valence-corrected chi connectivity index (χ0v) is 37.8. The standard InChI is InChI=1S/C50H61N7O6/c1-28(2)43(54-48(60)62-7)46(58)56-26-30(5)19-41(56)39-21-34(24-51-39)36-16-15-35(37-22-50(23-38(36)37)17-9-10-18-50)32-11-13-33(14-12-32)40-25-52-45(53-40)42-20-31(6)27-57(42)47(59)44(29(3)4)55-49(61)63-8/h11-16,19-20,24-25,28-29,41-44H,9-10,17-18,21-23,26-27H2,1-8H3,(H,52,53)(H,54,60)(H,55,61)/t41-,42-,43-,44-/m0/s1. The number of H-pyrrole nitrogens is 1. The molecule has 4 amide bonds. The first-order valence-electron chi connectivity index (χ1n) is 22.4. The molecule has 1 saturated carbocycles. The summed E-state index contributed by atoms with van der Waals surface area (Å²) in [6.45, 7) is 12.6. The SMILES string of the molecule is COC(=O)N[C@H](C(=O)N1CC(C)=C[C@H]1C1=NC=C(c2ccc(-c3ccc(-c4cnc([C@@H]5C=C(C)CN5C(=O)[C@@H](NC(=O)OC)C(C)C)[nH]4)cc3)c3c2CC2(CCCC2)C3)C1)C(C)C. The molecule has 3 aliphatic heterocycles. The van der Waals surface area contributed by atoms with Gasteiger partial charge in [0.05, 0.1) is 32.2 Å². The van der Waals surface area contributed by atoms with Crippen LogP contribution in [0.2, 0.25) is 0 Å². The highest BCUT2D eigenvalue weighted by Crippen LogP contribution is 2.53. The summed E-state index contributed by atoms with van der Waals surface area (Å²) >= 11 is 0. The van der Waals surface area contributed by atoms with E-state index in [0.29, 0.717) is 25.3 Å². The second-order valence-corrected chi connectivity index (χ2v) is 19.0. The molecule has 0 bridgehead atoms. The number of amides is 4. The van der Waals surface area contributed by atoms with Crippen molar-refractivity contribution in [2.24, 2.45) is 22.2 Å². The second kappa shape index (κ2) is 17.7. The maximum Gasteiger partial charge on any atom is 0.407 e. The normalized spacial score (nSPS) is 21.0. The van der Waals surface area contributed by atoms with Crippen LogP contribution >= 0.6 is 0 Å². The highest BCUT2D eigenvalue weighted by Gasteiger charge is 2.43. The Morgan fingerprint density at radius 1 is 0.746 bits per heavy atom. The summed E-state index contributed by atoms with van der Waals surface area (Å²) < 4.78 is 9.65. The van der Waals surface area contributed by atoms with Gasteiger partial charge in [-0.15, -0.1) is 0 Å². The van der Waals surface area contributed by atoms with Gasteiger partial charge in [-0.05, 0) is 95.7 Å².